The van der Waals surface area contributed by atoms with E-state index in [1.54, 1.807) is 6.07 Å². The van der Waals surface area contributed by atoms with E-state index in [2.05, 4.69) is 20.7 Å². The Morgan fingerprint density at radius 2 is 2.18 bits per heavy atom. The third kappa shape index (κ3) is 3.41. The van der Waals surface area contributed by atoms with Gasteiger partial charge in [0, 0.05) is 16.5 Å². The minimum atomic E-state index is -1.41. The third-order valence-electron chi connectivity index (χ3n) is 2.21. The van der Waals surface area contributed by atoms with Crippen LogP contribution in [-0.4, -0.2) is 31.4 Å². The molecule has 94 valence electrons. The van der Waals surface area contributed by atoms with Crippen LogP contribution in [0.4, 0.5) is 4.39 Å². The molecule has 0 saturated heterocycles. The highest BCUT2D eigenvalue weighted by molar-refractivity contribution is 9.10. The Labute approximate surface area is 106 Å². The maximum absolute atomic E-state index is 13.7. The van der Waals surface area contributed by atoms with E-state index >= 15 is 0 Å². The van der Waals surface area contributed by atoms with Gasteiger partial charge in [-0.05, 0) is 12.1 Å². The number of carbonyl (C=O) groups excluding carboxylic acids is 1. The molecule has 1 atom stereocenters. The van der Waals surface area contributed by atoms with Crippen molar-refractivity contribution in [1.82, 2.24) is 0 Å². The normalized spacial score (nSPS) is 12.1. The molecule has 17 heavy (non-hydrogen) atoms. The summed E-state index contributed by atoms with van der Waals surface area (Å²) in [5.41, 5.74) is 0.133. The summed E-state index contributed by atoms with van der Waals surface area (Å²) < 4.78 is 23.5. The smallest absolute Gasteiger partial charge is 0.335 e. The lowest BCUT2D eigenvalue weighted by molar-refractivity contribution is -0.150. The SMILES string of the molecule is COC(=O)C(O)Cc1c(F)cc(Br)cc1OC. The summed E-state index contributed by atoms with van der Waals surface area (Å²) in [6.45, 7) is 0. The predicted molar refractivity (Wildman–Crippen MR) is 62.4 cm³/mol. The first kappa shape index (κ1) is 13.9. The van der Waals surface area contributed by atoms with Crippen molar-refractivity contribution in [2.75, 3.05) is 14.2 Å². The lowest BCUT2D eigenvalue weighted by Gasteiger charge is -2.13. The zero-order chi connectivity index (χ0) is 13.0. The van der Waals surface area contributed by atoms with Gasteiger partial charge in [0.1, 0.15) is 11.6 Å². The molecule has 1 N–H and O–H groups in total. The Morgan fingerprint density at radius 1 is 1.53 bits per heavy atom. The Morgan fingerprint density at radius 3 is 2.71 bits per heavy atom. The standard InChI is InChI=1S/C11H12BrFO4/c1-16-10-4-6(12)3-8(13)7(10)5-9(14)11(15)17-2/h3-4,9,14H,5H2,1-2H3. The maximum atomic E-state index is 13.7. The van der Waals surface area contributed by atoms with Crippen LogP contribution in [0.15, 0.2) is 16.6 Å². The van der Waals surface area contributed by atoms with E-state index in [4.69, 9.17) is 4.74 Å². The number of rotatable bonds is 4. The second-order valence-electron chi connectivity index (χ2n) is 3.31. The number of hydrogen-bond donors (Lipinski definition) is 1. The molecule has 0 amide bonds. The van der Waals surface area contributed by atoms with Crippen molar-refractivity contribution < 1.29 is 23.8 Å². The highest BCUT2D eigenvalue weighted by Crippen LogP contribution is 2.27. The molecule has 0 radical (unpaired) electrons. The fourth-order valence-electron chi connectivity index (χ4n) is 1.37. The summed E-state index contributed by atoms with van der Waals surface area (Å²) in [6, 6.07) is 2.80. The number of esters is 1. The van der Waals surface area contributed by atoms with Gasteiger partial charge in [-0.3, -0.25) is 0 Å². The Kier molecular flexibility index (Phi) is 4.89. The number of ether oxygens (including phenoxy) is 2. The molecule has 0 heterocycles. The molecule has 6 heteroatoms. The quantitative estimate of drug-likeness (QED) is 0.860. The summed E-state index contributed by atoms with van der Waals surface area (Å²) in [4.78, 5) is 11.0. The van der Waals surface area contributed by atoms with E-state index in [-0.39, 0.29) is 17.7 Å². The lowest BCUT2D eigenvalue weighted by atomic mass is 10.1. The molecule has 1 rings (SSSR count). The molecule has 1 aromatic rings. The monoisotopic (exact) mass is 306 g/mol. The van der Waals surface area contributed by atoms with Crippen LogP contribution in [0, 0.1) is 5.82 Å². The number of aliphatic hydroxyl groups excluding tert-OH is 1. The van der Waals surface area contributed by atoms with Gasteiger partial charge in [0.15, 0.2) is 6.10 Å². The average molecular weight is 307 g/mol. The molecule has 0 aliphatic heterocycles. The zero-order valence-corrected chi connectivity index (χ0v) is 11.0. The van der Waals surface area contributed by atoms with Crippen LogP contribution in [0.25, 0.3) is 0 Å². The Bertz CT molecular complexity index is 422. The summed E-state index contributed by atoms with van der Waals surface area (Å²) in [5.74, 6) is -1.10. The van der Waals surface area contributed by atoms with Crippen LogP contribution >= 0.6 is 15.9 Å². The Hall–Kier alpha value is -1.14. The maximum Gasteiger partial charge on any atom is 0.335 e. The number of halogens is 2. The predicted octanol–water partition coefficient (Wildman–Crippen LogP) is 1.67. The molecule has 1 aromatic carbocycles. The highest BCUT2D eigenvalue weighted by atomic mass is 79.9. The van der Waals surface area contributed by atoms with Crippen LogP contribution in [0.5, 0.6) is 5.75 Å². The van der Waals surface area contributed by atoms with E-state index in [9.17, 15) is 14.3 Å². The summed E-state index contributed by atoms with van der Waals surface area (Å²) >= 11 is 3.12. The fraction of sp³-hybridized carbons (Fsp3) is 0.364. The average Bonchev–Trinajstić information content (AvgIpc) is 2.30. The number of benzene rings is 1. The number of carbonyl (C=O) groups is 1. The van der Waals surface area contributed by atoms with E-state index < -0.39 is 17.9 Å². The first-order valence-corrected chi connectivity index (χ1v) is 5.56. The van der Waals surface area contributed by atoms with Crippen molar-refractivity contribution in [3.63, 3.8) is 0 Å². The molecule has 0 aromatic heterocycles. The first-order chi connectivity index (χ1) is 7.99. The number of hydrogen-bond acceptors (Lipinski definition) is 4. The second kappa shape index (κ2) is 5.97. The van der Waals surface area contributed by atoms with E-state index in [0.29, 0.717) is 4.47 Å². The van der Waals surface area contributed by atoms with Crippen LogP contribution < -0.4 is 4.74 Å². The van der Waals surface area contributed by atoms with E-state index in [1.807, 2.05) is 0 Å². The van der Waals surface area contributed by atoms with Crippen molar-refractivity contribution in [3.8, 4) is 5.75 Å². The van der Waals surface area contributed by atoms with Gasteiger partial charge in [0.25, 0.3) is 0 Å². The summed E-state index contributed by atoms with van der Waals surface area (Å²) in [6.07, 6.45) is -1.61. The van der Waals surface area contributed by atoms with Gasteiger partial charge in [0.2, 0.25) is 0 Å². The largest absolute Gasteiger partial charge is 0.496 e. The Balaban J connectivity index is 3.01. The highest BCUT2D eigenvalue weighted by Gasteiger charge is 2.21. The molecular weight excluding hydrogens is 295 g/mol. The molecule has 1 unspecified atom stereocenters. The van der Waals surface area contributed by atoms with Crippen molar-refractivity contribution in [2.24, 2.45) is 0 Å². The van der Waals surface area contributed by atoms with E-state index in [1.165, 1.54) is 13.2 Å². The molecule has 0 aliphatic rings. The van der Waals surface area contributed by atoms with Crippen LogP contribution in [0.2, 0.25) is 0 Å². The third-order valence-corrected chi connectivity index (χ3v) is 2.67. The number of aliphatic hydroxyl groups is 1. The van der Waals surface area contributed by atoms with Gasteiger partial charge < -0.3 is 14.6 Å². The lowest BCUT2D eigenvalue weighted by Crippen LogP contribution is -2.24. The molecule has 4 nitrogen and oxygen atoms in total. The fourth-order valence-corrected chi connectivity index (χ4v) is 1.78. The molecule has 0 spiro atoms. The molecule has 0 fully saturated rings. The van der Waals surface area contributed by atoms with Crippen molar-refractivity contribution in [2.45, 2.75) is 12.5 Å². The van der Waals surface area contributed by atoms with Crippen molar-refractivity contribution in [1.29, 1.82) is 0 Å². The first-order valence-electron chi connectivity index (χ1n) is 4.77. The molecule has 0 aliphatic carbocycles. The van der Waals surface area contributed by atoms with Crippen LogP contribution in [0.1, 0.15) is 5.56 Å². The van der Waals surface area contributed by atoms with Crippen LogP contribution in [0.3, 0.4) is 0 Å². The van der Waals surface area contributed by atoms with Gasteiger partial charge in [-0.2, -0.15) is 0 Å². The summed E-state index contributed by atoms with van der Waals surface area (Å²) in [7, 11) is 2.54. The van der Waals surface area contributed by atoms with E-state index in [0.717, 1.165) is 7.11 Å². The minimum absolute atomic E-state index is 0.133. The van der Waals surface area contributed by atoms with Gasteiger partial charge in [0.05, 0.1) is 14.2 Å². The van der Waals surface area contributed by atoms with Gasteiger partial charge in [-0.25, -0.2) is 9.18 Å². The molecule has 0 bridgehead atoms. The minimum Gasteiger partial charge on any atom is -0.496 e. The topological polar surface area (TPSA) is 55.8 Å². The molecular formula is C11H12BrFO4. The molecule has 0 saturated carbocycles. The van der Waals surface area contributed by atoms with Gasteiger partial charge in [-0.15, -0.1) is 0 Å². The number of methoxy groups -OCH3 is 2. The summed E-state index contributed by atoms with van der Waals surface area (Å²) in [5, 5.41) is 9.48. The zero-order valence-electron chi connectivity index (χ0n) is 9.37. The van der Waals surface area contributed by atoms with Gasteiger partial charge in [-0.1, -0.05) is 15.9 Å². The van der Waals surface area contributed by atoms with Crippen LogP contribution in [-0.2, 0) is 16.0 Å². The van der Waals surface area contributed by atoms with Crippen molar-refractivity contribution >= 4 is 21.9 Å². The van der Waals surface area contributed by atoms with Crippen molar-refractivity contribution in [3.05, 3.63) is 28.0 Å². The second-order valence-corrected chi connectivity index (χ2v) is 4.23. The van der Waals surface area contributed by atoms with Gasteiger partial charge >= 0.3 is 5.97 Å².